The number of anilines is 1. The largest absolute Gasteiger partial charge is 0.494 e. The molecule has 0 radical (unpaired) electrons. The fourth-order valence-corrected chi connectivity index (χ4v) is 3.95. The van der Waals surface area contributed by atoms with Gasteiger partial charge in [-0.1, -0.05) is 0 Å². The highest BCUT2D eigenvalue weighted by atomic mass is 16.5. The fourth-order valence-electron chi connectivity index (χ4n) is 3.95. The van der Waals surface area contributed by atoms with Gasteiger partial charge in [0.2, 0.25) is 0 Å². The van der Waals surface area contributed by atoms with E-state index in [0.717, 1.165) is 16.9 Å². The molecule has 0 aliphatic carbocycles. The standard InChI is InChI=1S/C25H32N2O6/c1-5-31-19-10-8-18(9-11-19)26-25(29)27-13-12-17-14-22(32-6-2)23(33-7-3)15-20(17)21(27)16-24(28)30-4/h8-11,14-15,21H,5-7,12-13,16H2,1-4H3,(H,26,29). The third-order valence-corrected chi connectivity index (χ3v) is 5.43. The molecule has 0 bridgehead atoms. The molecule has 1 aliphatic heterocycles. The Labute approximate surface area is 194 Å². The van der Waals surface area contributed by atoms with E-state index in [1.165, 1.54) is 7.11 Å². The predicted molar refractivity (Wildman–Crippen MR) is 125 cm³/mol. The van der Waals surface area contributed by atoms with E-state index in [-0.39, 0.29) is 12.5 Å². The summed E-state index contributed by atoms with van der Waals surface area (Å²) in [6.45, 7) is 7.75. The lowest BCUT2D eigenvalue weighted by molar-refractivity contribution is -0.141. The highest BCUT2D eigenvalue weighted by Crippen LogP contribution is 2.40. The molecular weight excluding hydrogens is 424 g/mol. The molecule has 0 spiro atoms. The number of carbonyl (C=O) groups is 2. The van der Waals surface area contributed by atoms with E-state index >= 15 is 0 Å². The van der Waals surface area contributed by atoms with Crippen molar-refractivity contribution in [3.8, 4) is 17.2 Å². The molecule has 2 aromatic rings. The number of carbonyl (C=O) groups excluding carboxylic acids is 2. The summed E-state index contributed by atoms with van der Waals surface area (Å²) < 4.78 is 21.9. The van der Waals surface area contributed by atoms with Crippen LogP contribution in [0.3, 0.4) is 0 Å². The number of hydrogen-bond donors (Lipinski definition) is 1. The molecule has 1 atom stereocenters. The molecule has 2 aromatic carbocycles. The van der Waals surface area contributed by atoms with Crippen LogP contribution in [-0.4, -0.2) is 50.4 Å². The van der Waals surface area contributed by atoms with Gasteiger partial charge in [-0.25, -0.2) is 4.79 Å². The van der Waals surface area contributed by atoms with Crippen molar-refractivity contribution in [2.24, 2.45) is 0 Å². The third-order valence-electron chi connectivity index (χ3n) is 5.43. The monoisotopic (exact) mass is 456 g/mol. The maximum atomic E-state index is 13.2. The van der Waals surface area contributed by atoms with Crippen LogP contribution in [0.5, 0.6) is 17.2 Å². The minimum Gasteiger partial charge on any atom is -0.494 e. The quantitative estimate of drug-likeness (QED) is 0.556. The Hall–Kier alpha value is -3.42. The van der Waals surface area contributed by atoms with Crippen molar-refractivity contribution in [1.29, 1.82) is 0 Å². The summed E-state index contributed by atoms with van der Waals surface area (Å²) in [6.07, 6.45) is 0.677. The Morgan fingerprint density at radius 1 is 0.970 bits per heavy atom. The van der Waals surface area contributed by atoms with Crippen LogP contribution in [0, 0.1) is 0 Å². The molecule has 2 amide bonds. The lowest BCUT2D eigenvalue weighted by Gasteiger charge is -2.37. The molecule has 33 heavy (non-hydrogen) atoms. The second kappa shape index (κ2) is 11.4. The van der Waals surface area contributed by atoms with Crippen molar-refractivity contribution in [3.05, 3.63) is 47.5 Å². The van der Waals surface area contributed by atoms with Crippen molar-refractivity contribution in [2.75, 3.05) is 38.8 Å². The van der Waals surface area contributed by atoms with E-state index in [1.807, 2.05) is 32.9 Å². The summed E-state index contributed by atoms with van der Waals surface area (Å²) in [6, 6.07) is 10.3. The number of nitrogens with zero attached hydrogens (tertiary/aromatic N) is 1. The van der Waals surface area contributed by atoms with Gasteiger partial charge in [0.15, 0.2) is 11.5 Å². The number of methoxy groups -OCH3 is 1. The molecule has 1 unspecified atom stereocenters. The molecule has 8 heteroatoms. The molecule has 0 saturated heterocycles. The molecule has 8 nitrogen and oxygen atoms in total. The van der Waals surface area contributed by atoms with Crippen LogP contribution in [0.1, 0.15) is 44.4 Å². The van der Waals surface area contributed by atoms with Crippen molar-refractivity contribution in [3.63, 3.8) is 0 Å². The SMILES string of the molecule is CCOc1ccc(NC(=O)N2CCc3cc(OCC)c(OCC)cc3C2CC(=O)OC)cc1. The maximum Gasteiger partial charge on any atom is 0.322 e. The Morgan fingerprint density at radius 2 is 1.61 bits per heavy atom. The first kappa shape index (κ1) is 24.2. The second-order valence-electron chi connectivity index (χ2n) is 7.49. The molecule has 0 aromatic heterocycles. The predicted octanol–water partition coefficient (Wildman–Crippen LogP) is 4.58. The van der Waals surface area contributed by atoms with Gasteiger partial charge in [0.05, 0.1) is 39.4 Å². The Morgan fingerprint density at radius 3 is 2.21 bits per heavy atom. The van der Waals surface area contributed by atoms with Crippen LogP contribution < -0.4 is 19.5 Å². The van der Waals surface area contributed by atoms with Crippen molar-refractivity contribution in [1.82, 2.24) is 4.90 Å². The molecule has 0 saturated carbocycles. The van der Waals surface area contributed by atoms with Crippen LogP contribution in [0.4, 0.5) is 10.5 Å². The summed E-state index contributed by atoms with van der Waals surface area (Å²) in [5.74, 6) is 1.61. The van der Waals surface area contributed by atoms with E-state index in [0.29, 0.717) is 50.0 Å². The zero-order valence-electron chi connectivity index (χ0n) is 19.7. The van der Waals surface area contributed by atoms with Gasteiger partial charge in [-0.15, -0.1) is 0 Å². The summed E-state index contributed by atoms with van der Waals surface area (Å²) in [5.41, 5.74) is 2.54. The fraction of sp³-hybridized carbons (Fsp3) is 0.440. The highest BCUT2D eigenvalue weighted by Gasteiger charge is 2.34. The molecule has 1 heterocycles. The summed E-state index contributed by atoms with van der Waals surface area (Å²) >= 11 is 0. The summed E-state index contributed by atoms with van der Waals surface area (Å²) in [7, 11) is 1.35. The van der Waals surface area contributed by atoms with Gasteiger partial charge in [0.1, 0.15) is 5.75 Å². The Balaban J connectivity index is 1.90. The average molecular weight is 457 g/mol. The molecular formula is C25H32N2O6. The minimum atomic E-state index is -0.487. The van der Waals surface area contributed by atoms with E-state index in [9.17, 15) is 9.59 Å². The maximum absolute atomic E-state index is 13.2. The number of urea groups is 1. The zero-order chi connectivity index (χ0) is 23.8. The molecule has 0 fully saturated rings. The number of esters is 1. The Kier molecular flexibility index (Phi) is 8.40. The number of amides is 2. The van der Waals surface area contributed by atoms with Gasteiger partial charge >= 0.3 is 12.0 Å². The third kappa shape index (κ3) is 5.88. The van der Waals surface area contributed by atoms with Crippen LogP contribution >= 0.6 is 0 Å². The smallest absolute Gasteiger partial charge is 0.322 e. The minimum absolute atomic E-state index is 0.0414. The van der Waals surface area contributed by atoms with Gasteiger partial charge in [-0.05, 0) is 74.7 Å². The van der Waals surface area contributed by atoms with Crippen LogP contribution in [-0.2, 0) is 16.0 Å². The normalized spacial score (nSPS) is 14.8. The van der Waals surface area contributed by atoms with Gasteiger partial charge < -0.3 is 29.2 Å². The highest BCUT2D eigenvalue weighted by molar-refractivity contribution is 5.90. The van der Waals surface area contributed by atoms with Gasteiger partial charge in [-0.3, -0.25) is 4.79 Å². The first-order valence-electron chi connectivity index (χ1n) is 11.3. The second-order valence-corrected chi connectivity index (χ2v) is 7.49. The van der Waals surface area contributed by atoms with Gasteiger partial charge in [0, 0.05) is 12.2 Å². The summed E-state index contributed by atoms with van der Waals surface area (Å²) in [4.78, 5) is 27.1. The first-order chi connectivity index (χ1) is 16.0. The number of benzene rings is 2. The lowest BCUT2D eigenvalue weighted by atomic mass is 9.90. The van der Waals surface area contributed by atoms with E-state index in [2.05, 4.69) is 5.32 Å². The zero-order valence-corrected chi connectivity index (χ0v) is 19.7. The van der Waals surface area contributed by atoms with Crippen molar-refractivity contribution < 1.29 is 28.5 Å². The van der Waals surface area contributed by atoms with Crippen LogP contribution in [0.2, 0.25) is 0 Å². The first-order valence-corrected chi connectivity index (χ1v) is 11.3. The number of ether oxygens (including phenoxy) is 4. The van der Waals surface area contributed by atoms with Crippen LogP contribution in [0.15, 0.2) is 36.4 Å². The van der Waals surface area contributed by atoms with Gasteiger partial charge in [0.25, 0.3) is 0 Å². The molecule has 1 N–H and O–H groups in total. The van der Waals surface area contributed by atoms with E-state index in [1.54, 1.807) is 29.2 Å². The molecule has 1 aliphatic rings. The summed E-state index contributed by atoms with van der Waals surface area (Å²) in [5, 5.41) is 2.93. The van der Waals surface area contributed by atoms with E-state index < -0.39 is 12.0 Å². The number of rotatable bonds is 9. The number of hydrogen-bond acceptors (Lipinski definition) is 6. The lowest BCUT2D eigenvalue weighted by Crippen LogP contribution is -2.43. The molecule has 3 rings (SSSR count). The number of fused-ring (bicyclic) bond motifs is 1. The van der Waals surface area contributed by atoms with E-state index in [4.69, 9.17) is 18.9 Å². The topological polar surface area (TPSA) is 86.3 Å². The Bertz CT molecular complexity index is 960. The van der Waals surface area contributed by atoms with Crippen LogP contribution in [0.25, 0.3) is 0 Å². The van der Waals surface area contributed by atoms with Gasteiger partial charge in [-0.2, -0.15) is 0 Å². The van der Waals surface area contributed by atoms with Crippen molar-refractivity contribution >= 4 is 17.7 Å². The number of nitrogens with one attached hydrogen (secondary N) is 1. The molecule has 178 valence electrons. The average Bonchev–Trinajstić information content (AvgIpc) is 2.81. The van der Waals surface area contributed by atoms with Crippen molar-refractivity contribution in [2.45, 2.75) is 39.7 Å².